The first-order valence-corrected chi connectivity index (χ1v) is 31.2. The second-order valence-electron chi connectivity index (χ2n) is 24.0. The van der Waals surface area contributed by atoms with Crippen LogP contribution in [0.4, 0.5) is 55.3 Å². The second kappa shape index (κ2) is 35.2. The fourth-order valence-corrected chi connectivity index (χ4v) is 12.2. The van der Waals surface area contributed by atoms with Crippen molar-refractivity contribution in [1.29, 1.82) is 0 Å². The Labute approximate surface area is 594 Å². The summed E-state index contributed by atoms with van der Waals surface area (Å²) in [5.41, 5.74) is -5.44. The van der Waals surface area contributed by atoms with Crippen LogP contribution in [0.3, 0.4) is 0 Å². The van der Waals surface area contributed by atoms with Gasteiger partial charge < -0.3 is 59.1 Å². The molecule has 0 unspecified atom stereocenters. The number of aliphatic carboxylic acids is 1. The average Bonchev–Trinajstić information content (AvgIpc) is 0.771. The van der Waals surface area contributed by atoms with Crippen LogP contribution in [-0.2, 0) is 67.8 Å². The standard InChI is InChI=1S/C34H32F5N3O5.C33H30F5N3O5.C4H8O.2CH4.Li.H2O/c1-18-13-25(34(37,38)39)29(32(44)41(18)3)24-10-9-20(22-7-5-6-8-23(22)24)14-28(33(45)46-4)40-31(43)30-26(35)15-21(16-27(30)36)42-11-12-47-17-19(42)2;1-17-12-24(33(36,37)38)28(31(43)40(17)3)23-9-8-19(21-6-4-5-7-22(21)23)13-27(32(44)45)39-30(42)29-25(34)14-20(15-26(29)35)41-10-11-46-16-18(41)2;1-2-4-5-3-1;;;;/h5-10,13,15-16,19,28H,11-12,14,17H2,1-4H3,(H,40,43);4-9,12,14-15,18,27H,10-11,13,16H2,1-3H3,(H,39,42)(H,44,45);1-4H2;2*1H4;;1H2/q;;;;;+1;/p-1/t19-,28-;18-,27-;;;;;/m00...../s1. The molecule has 3 aliphatic rings. The minimum atomic E-state index is -4.84. The van der Waals surface area contributed by atoms with Crippen molar-refractivity contribution < 1.29 is 111 Å². The normalized spacial score (nSPS) is 15.7. The number of nitrogens with zero attached hydrogens (tertiary/aromatic N) is 4. The van der Waals surface area contributed by atoms with Gasteiger partial charge in [0.2, 0.25) is 0 Å². The third-order valence-electron chi connectivity index (χ3n) is 17.5. The van der Waals surface area contributed by atoms with E-state index in [0.717, 1.165) is 65.9 Å². The second-order valence-corrected chi connectivity index (χ2v) is 24.0. The summed E-state index contributed by atoms with van der Waals surface area (Å²) >= 11 is 0. The Hall–Kier alpha value is -9.04. The molecular weight excluding hydrogens is 1350 g/mol. The molecule has 0 radical (unpaired) electrons. The predicted molar refractivity (Wildman–Crippen MR) is 362 cm³/mol. The summed E-state index contributed by atoms with van der Waals surface area (Å²) in [7, 11) is 3.82. The Morgan fingerprint density at radius 2 is 0.912 bits per heavy atom. The van der Waals surface area contributed by atoms with Gasteiger partial charge in [-0.2, -0.15) is 26.3 Å². The number of rotatable bonds is 14. The molecule has 18 nitrogen and oxygen atoms in total. The summed E-state index contributed by atoms with van der Waals surface area (Å²) in [6.07, 6.45) is -7.73. The fraction of sp³-hybridized carbons (Fsp3) is 0.370. The number of pyridine rings is 2. The van der Waals surface area contributed by atoms with Crippen LogP contribution in [0.5, 0.6) is 0 Å². The molecule has 8 aromatic rings. The number of carboxylic acid groups (broad SMARTS) is 1. The summed E-state index contributed by atoms with van der Waals surface area (Å²) in [6.45, 7) is 10.7. The predicted octanol–water partition coefficient (Wildman–Crippen LogP) is 9.91. The molecule has 6 aromatic carbocycles. The van der Waals surface area contributed by atoms with Crippen LogP contribution >= 0.6 is 0 Å². The third kappa shape index (κ3) is 18.4. The molecule has 5 heterocycles. The number of carboxylic acids is 1. The first kappa shape index (κ1) is 83.6. The number of aromatic nitrogens is 2. The first-order chi connectivity index (χ1) is 46.4. The van der Waals surface area contributed by atoms with Gasteiger partial charge in [0.05, 0.1) is 55.8 Å². The number of ether oxygens (including phenoxy) is 4. The quantitative estimate of drug-likeness (QED) is 0.0523. The zero-order valence-electron chi connectivity index (χ0n) is 55.7. The molecule has 29 heteroatoms. The van der Waals surface area contributed by atoms with Gasteiger partial charge in [0.1, 0.15) is 46.5 Å². The van der Waals surface area contributed by atoms with Crippen LogP contribution in [-0.4, -0.2) is 127 Å². The van der Waals surface area contributed by atoms with Crippen molar-refractivity contribution in [1.82, 2.24) is 19.8 Å². The average molecular weight is 1430 g/mol. The van der Waals surface area contributed by atoms with E-state index in [1.807, 2.05) is 13.8 Å². The number of methoxy groups -OCH3 is 1. The Balaban J connectivity index is 0.000000331. The van der Waals surface area contributed by atoms with E-state index < -0.39 is 116 Å². The SMILES string of the molecule is C.C.C1CCOC1.COC(=O)[C@H](Cc1ccc(-c2c(C(F)(F)F)cc(C)n(C)c2=O)c2ccccc12)NC(=O)c1c(F)cc(N2CCOC[C@@H]2C)cc1F.Cc1cc(C(F)(F)F)c(-c2ccc(C[C@H](NC(=O)c3c(F)cc(N4CCOC[C@@H]4C)cc3F)C(=O)O)c3ccccc23)c(=O)n1C.[Li+].[OH-]. The first-order valence-electron chi connectivity index (χ1n) is 31.2. The number of alkyl halides is 6. The number of morpholine rings is 2. The van der Waals surface area contributed by atoms with E-state index in [9.17, 15) is 60.2 Å². The van der Waals surface area contributed by atoms with Gasteiger partial charge in [0, 0.05) is 88.1 Å². The van der Waals surface area contributed by atoms with Gasteiger partial charge in [-0.3, -0.25) is 19.2 Å². The largest absolute Gasteiger partial charge is 1.00 e. The molecule has 102 heavy (non-hydrogen) atoms. The molecule has 0 spiro atoms. The summed E-state index contributed by atoms with van der Waals surface area (Å²) < 4.78 is 168. The van der Waals surface area contributed by atoms with Crippen LogP contribution in [0.2, 0.25) is 0 Å². The molecule has 3 fully saturated rings. The van der Waals surface area contributed by atoms with E-state index in [1.54, 1.807) is 52.3 Å². The summed E-state index contributed by atoms with van der Waals surface area (Å²) in [4.78, 5) is 81.2. The van der Waals surface area contributed by atoms with Crippen molar-refractivity contribution in [3.8, 4) is 22.3 Å². The maximum Gasteiger partial charge on any atom is 1.00 e. The molecule has 2 aromatic heterocycles. The zero-order chi connectivity index (χ0) is 71.2. The maximum atomic E-state index is 15.2. The third-order valence-corrected chi connectivity index (χ3v) is 17.5. The Morgan fingerprint density at radius 3 is 1.24 bits per heavy atom. The van der Waals surface area contributed by atoms with Crippen LogP contribution in [0, 0.1) is 37.1 Å². The molecule has 0 saturated carbocycles. The van der Waals surface area contributed by atoms with Gasteiger partial charge >= 0.3 is 43.2 Å². The van der Waals surface area contributed by atoms with Gasteiger partial charge in [-0.15, -0.1) is 0 Å². The molecule has 3 saturated heterocycles. The monoisotopic (exact) mass is 1430 g/mol. The molecule has 4 atom stereocenters. The molecule has 0 aliphatic carbocycles. The summed E-state index contributed by atoms with van der Waals surface area (Å²) in [5.74, 6) is -9.52. The van der Waals surface area contributed by atoms with Gasteiger partial charge in [0.15, 0.2) is 0 Å². The number of carbonyl (C=O) groups is 4. The Morgan fingerprint density at radius 1 is 0.559 bits per heavy atom. The summed E-state index contributed by atoms with van der Waals surface area (Å²) in [5, 5.41) is 15.7. The van der Waals surface area contributed by atoms with Gasteiger partial charge in [-0.1, -0.05) is 87.6 Å². The van der Waals surface area contributed by atoms with Crippen LogP contribution in [0.1, 0.15) is 95.9 Å². The van der Waals surface area contributed by atoms with Crippen molar-refractivity contribution in [3.63, 3.8) is 0 Å². The minimum absolute atomic E-state index is 0. The number of nitrogens with one attached hydrogen (secondary N) is 2. The number of benzene rings is 6. The number of anilines is 2. The number of carbonyl (C=O) groups excluding carboxylic acids is 3. The number of fused-ring (bicyclic) bond motifs is 2. The summed E-state index contributed by atoms with van der Waals surface area (Å²) in [6, 6.07) is 20.5. The van der Waals surface area contributed by atoms with E-state index in [-0.39, 0.29) is 109 Å². The molecule has 2 amide bonds. The number of aryl methyl sites for hydroxylation is 2. The maximum absolute atomic E-state index is 15.2. The van der Waals surface area contributed by atoms with E-state index >= 15 is 17.6 Å². The number of hydrogen-bond donors (Lipinski definition) is 3. The molecule has 11 rings (SSSR count). The van der Waals surface area contributed by atoms with Crippen LogP contribution in [0.25, 0.3) is 43.8 Å². The Bertz CT molecular complexity index is 4430. The smallest absolute Gasteiger partial charge is 0.870 e. The minimum Gasteiger partial charge on any atom is -0.870 e. The fourth-order valence-electron chi connectivity index (χ4n) is 12.2. The van der Waals surface area contributed by atoms with Gasteiger partial charge in [0.25, 0.3) is 22.9 Å². The number of esters is 1. The van der Waals surface area contributed by atoms with Gasteiger partial charge in [-0.25, -0.2) is 27.2 Å². The van der Waals surface area contributed by atoms with Crippen LogP contribution < -0.4 is 50.4 Å². The van der Waals surface area contributed by atoms with E-state index in [0.29, 0.717) is 61.4 Å². The van der Waals surface area contributed by atoms with Crippen molar-refractivity contribution in [2.75, 3.05) is 69.6 Å². The zero-order valence-corrected chi connectivity index (χ0v) is 55.7. The molecule has 544 valence electrons. The van der Waals surface area contributed by atoms with Crippen molar-refractivity contribution in [2.45, 2.75) is 105 Å². The van der Waals surface area contributed by atoms with E-state index in [2.05, 4.69) is 10.6 Å². The number of hydrogen-bond acceptors (Lipinski definition) is 13. The topological polar surface area (TPSA) is 230 Å². The van der Waals surface area contributed by atoms with Crippen molar-refractivity contribution in [2.24, 2.45) is 14.1 Å². The van der Waals surface area contributed by atoms with E-state index in [4.69, 9.17) is 18.9 Å². The van der Waals surface area contributed by atoms with Gasteiger partial charge in [-0.05, 0) is 121 Å². The Kier molecular flexibility index (Phi) is 28.9. The van der Waals surface area contributed by atoms with Crippen molar-refractivity contribution >= 4 is 56.7 Å². The molecule has 0 bridgehead atoms. The van der Waals surface area contributed by atoms with E-state index in [1.165, 1.54) is 71.1 Å². The molecule has 4 N–H and O–H groups in total. The number of amides is 2. The van der Waals surface area contributed by atoms with Crippen LogP contribution in [0.15, 0.2) is 119 Å². The molecule has 3 aliphatic heterocycles. The van der Waals surface area contributed by atoms with Crippen molar-refractivity contribution in [3.05, 3.63) is 198 Å². The molecular formula is C73H79F10LiN6O12. The number of halogens is 10.